The van der Waals surface area contributed by atoms with Crippen molar-refractivity contribution >= 4 is 35.5 Å². The Balaban J connectivity index is 1.44. The van der Waals surface area contributed by atoms with Crippen molar-refractivity contribution in [3.63, 3.8) is 0 Å². The van der Waals surface area contributed by atoms with Crippen LogP contribution in [-0.2, 0) is 19.2 Å². The lowest BCUT2D eigenvalue weighted by Gasteiger charge is -2.47. The second-order valence-electron chi connectivity index (χ2n) is 9.55. The Morgan fingerprint density at radius 3 is 2.70 bits per heavy atom. The Morgan fingerprint density at radius 1 is 1.36 bits per heavy atom. The van der Waals surface area contributed by atoms with Crippen LogP contribution in [0.2, 0.25) is 0 Å². The first-order valence-corrected chi connectivity index (χ1v) is 12.3. The molecule has 3 saturated heterocycles. The number of aliphatic carboxylic acids is 1. The van der Waals surface area contributed by atoms with Crippen LogP contribution in [0.3, 0.4) is 0 Å². The first kappa shape index (κ1) is 24.0. The molecule has 33 heavy (non-hydrogen) atoms. The van der Waals surface area contributed by atoms with E-state index in [0.29, 0.717) is 31.0 Å². The SMILES string of the molecule is CC(CC(=O)NN)[C@H]1C(=O)N2C(C(=O)O)=C(SC3CNC(C(=O)N4CCC(N)C4)C3)[C@H](C)[C@H]12. The van der Waals surface area contributed by atoms with E-state index >= 15 is 0 Å². The summed E-state index contributed by atoms with van der Waals surface area (Å²) in [6.45, 7) is 5.57. The van der Waals surface area contributed by atoms with E-state index in [1.165, 1.54) is 16.7 Å². The van der Waals surface area contributed by atoms with Crippen LogP contribution in [0.5, 0.6) is 0 Å². The molecular formula is C21H32N6O5S. The fourth-order valence-electron chi connectivity index (χ4n) is 5.61. The fraction of sp³-hybridized carbons (Fsp3) is 0.714. The highest BCUT2D eigenvalue weighted by Crippen LogP contribution is 2.53. The molecule has 12 heteroatoms. The second-order valence-corrected chi connectivity index (χ2v) is 10.9. The minimum absolute atomic E-state index is 0.0229. The minimum Gasteiger partial charge on any atom is -0.477 e. The number of nitrogens with one attached hydrogen (secondary N) is 2. The summed E-state index contributed by atoms with van der Waals surface area (Å²) in [5.41, 5.74) is 8.05. The van der Waals surface area contributed by atoms with E-state index in [1.54, 1.807) is 4.90 Å². The van der Waals surface area contributed by atoms with Crippen LogP contribution in [0.4, 0.5) is 0 Å². The van der Waals surface area contributed by atoms with Gasteiger partial charge in [-0.15, -0.1) is 11.8 Å². The van der Waals surface area contributed by atoms with Gasteiger partial charge in [-0.05, 0) is 18.8 Å². The third-order valence-electron chi connectivity index (χ3n) is 7.29. The molecule has 3 fully saturated rings. The number of nitrogens with two attached hydrogens (primary N) is 2. The number of hydrogen-bond donors (Lipinski definition) is 5. The third-order valence-corrected chi connectivity index (χ3v) is 8.80. The van der Waals surface area contributed by atoms with Crippen LogP contribution in [0.1, 0.15) is 33.1 Å². The highest BCUT2D eigenvalue weighted by atomic mass is 32.2. The number of thioether (sulfide) groups is 1. The van der Waals surface area contributed by atoms with Crippen molar-refractivity contribution in [2.45, 2.75) is 56.5 Å². The number of carbonyl (C=O) groups is 4. The molecule has 182 valence electrons. The Bertz CT molecular complexity index is 896. The number of hydrogen-bond acceptors (Lipinski definition) is 8. The molecule has 0 aromatic heterocycles. The van der Waals surface area contributed by atoms with Gasteiger partial charge in [-0.25, -0.2) is 10.6 Å². The molecule has 4 heterocycles. The molecule has 0 aliphatic carbocycles. The molecule has 4 rings (SSSR count). The van der Waals surface area contributed by atoms with Gasteiger partial charge in [0.2, 0.25) is 17.7 Å². The van der Waals surface area contributed by atoms with Crippen molar-refractivity contribution in [1.29, 1.82) is 0 Å². The molecule has 4 unspecified atom stereocenters. The number of carboxylic acids is 1. The summed E-state index contributed by atoms with van der Waals surface area (Å²) in [5.74, 6) is 2.62. The Morgan fingerprint density at radius 2 is 2.09 bits per heavy atom. The molecule has 0 radical (unpaired) electrons. The Hall–Kier alpha value is -2.15. The molecule has 0 spiro atoms. The van der Waals surface area contributed by atoms with Gasteiger partial charge < -0.3 is 26.0 Å². The Labute approximate surface area is 196 Å². The van der Waals surface area contributed by atoms with E-state index in [4.69, 9.17) is 11.6 Å². The zero-order valence-electron chi connectivity index (χ0n) is 18.8. The smallest absolute Gasteiger partial charge is 0.353 e. The molecular weight excluding hydrogens is 448 g/mol. The van der Waals surface area contributed by atoms with E-state index < -0.39 is 11.9 Å². The summed E-state index contributed by atoms with van der Waals surface area (Å²) >= 11 is 1.45. The van der Waals surface area contributed by atoms with Gasteiger partial charge >= 0.3 is 5.97 Å². The van der Waals surface area contributed by atoms with E-state index in [9.17, 15) is 24.3 Å². The topological polar surface area (TPSA) is 171 Å². The fourth-order valence-corrected chi connectivity index (χ4v) is 7.09. The predicted molar refractivity (Wildman–Crippen MR) is 121 cm³/mol. The van der Waals surface area contributed by atoms with Gasteiger partial charge in [-0.3, -0.25) is 19.8 Å². The van der Waals surface area contributed by atoms with Crippen LogP contribution >= 0.6 is 11.8 Å². The third kappa shape index (κ3) is 4.25. The van der Waals surface area contributed by atoms with E-state index in [0.717, 1.165) is 6.42 Å². The largest absolute Gasteiger partial charge is 0.477 e. The van der Waals surface area contributed by atoms with E-state index in [2.05, 4.69) is 10.7 Å². The Kier molecular flexibility index (Phi) is 6.72. The number of carbonyl (C=O) groups excluding carboxylic acids is 3. The molecule has 7 N–H and O–H groups in total. The van der Waals surface area contributed by atoms with Crippen molar-refractivity contribution in [1.82, 2.24) is 20.5 Å². The van der Waals surface area contributed by atoms with Gasteiger partial charge in [0.25, 0.3) is 0 Å². The average Bonchev–Trinajstić information content (AvgIpc) is 3.46. The zero-order valence-corrected chi connectivity index (χ0v) is 19.6. The van der Waals surface area contributed by atoms with Crippen molar-refractivity contribution in [3.05, 3.63) is 10.6 Å². The lowest BCUT2D eigenvalue weighted by atomic mass is 9.73. The molecule has 4 aliphatic heterocycles. The summed E-state index contributed by atoms with van der Waals surface area (Å²) in [5, 5.41) is 13.2. The normalized spacial score (nSPS) is 34.4. The summed E-state index contributed by atoms with van der Waals surface area (Å²) in [6.07, 6.45) is 1.50. The van der Waals surface area contributed by atoms with Gasteiger partial charge in [-0.1, -0.05) is 13.8 Å². The van der Waals surface area contributed by atoms with Crippen molar-refractivity contribution in [2.75, 3.05) is 19.6 Å². The number of likely N-dealkylation sites (tertiary alicyclic amines) is 1. The highest BCUT2D eigenvalue weighted by molar-refractivity contribution is 8.03. The second kappa shape index (κ2) is 9.24. The molecule has 0 aromatic rings. The summed E-state index contributed by atoms with van der Waals surface area (Å²) in [7, 11) is 0. The highest BCUT2D eigenvalue weighted by Gasteiger charge is 2.60. The molecule has 0 bridgehead atoms. The first-order valence-electron chi connectivity index (χ1n) is 11.4. The number of fused-ring (bicyclic) bond motifs is 1. The van der Waals surface area contributed by atoms with E-state index in [-0.39, 0.29) is 65.1 Å². The summed E-state index contributed by atoms with van der Waals surface area (Å²) < 4.78 is 0. The lowest BCUT2D eigenvalue weighted by Crippen LogP contribution is -2.62. The number of rotatable bonds is 7. The number of β-lactam (4-membered cyclic amide) rings is 1. The monoisotopic (exact) mass is 480 g/mol. The minimum atomic E-state index is -1.13. The first-order chi connectivity index (χ1) is 15.6. The molecule has 4 aliphatic rings. The van der Waals surface area contributed by atoms with Gasteiger partial charge in [0.15, 0.2) is 0 Å². The van der Waals surface area contributed by atoms with Crippen molar-refractivity contribution in [2.24, 2.45) is 29.3 Å². The molecule has 11 nitrogen and oxygen atoms in total. The zero-order chi connectivity index (χ0) is 24.0. The van der Waals surface area contributed by atoms with Crippen LogP contribution in [0.15, 0.2) is 10.6 Å². The van der Waals surface area contributed by atoms with Crippen molar-refractivity contribution < 1.29 is 24.3 Å². The van der Waals surface area contributed by atoms with Gasteiger partial charge in [0, 0.05) is 48.2 Å². The number of carboxylic acid groups (broad SMARTS) is 1. The maximum atomic E-state index is 12.9. The predicted octanol–water partition coefficient (Wildman–Crippen LogP) is -1.20. The van der Waals surface area contributed by atoms with Gasteiger partial charge in [0.05, 0.1) is 18.0 Å². The van der Waals surface area contributed by atoms with Crippen LogP contribution in [-0.4, -0.2) is 81.6 Å². The number of amides is 3. The molecule has 3 amide bonds. The molecule has 0 aromatic carbocycles. The lowest BCUT2D eigenvalue weighted by molar-refractivity contribution is -0.160. The molecule has 7 atom stereocenters. The maximum absolute atomic E-state index is 12.9. The van der Waals surface area contributed by atoms with E-state index in [1.807, 2.05) is 13.8 Å². The van der Waals surface area contributed by atoms with Crippen molar-refractivity contribution in [3.8, 4) is 0 Å². The molecule has 0 saturated carbocycles. The van der Waals surface area contributed by atoms with Crippen LogP contribution < -0.4 is 22.3 Å². The summed E-state index contributed by atoms with van der Waals surface area (Å²) in [6, 6.07) is -0.569. The summed E-state index contributed by atoms with van der Waals surface area (Å²) in [4.78, 5) is 53.4. The van der Waals surface area contributed by atoms with Crippen LogP contribution in [0, 0.1) is 17.8 Å². The average molecular weight is 481 g/mol. The number of hydrazine groups is 1. The quantitative estimate of drug-likeness (QED) is 0.130. The van der Waals surface area contributed by atoms with Gasteiger partial charge in [-0.2, -0.15) is 0 Å². The standard InChI is InChI=1S/C21H32N6O5S/c1-9(5-14(28)25-23)15-16-10(2)18(17(21(31)32)27(16)20(15)30)33-12-6-13(24-7-12)19(29)26-4-3-11(22)8-26/h9-13,15-16,24H,3-8,22-23H2,1-2H3,(H,25,28)(H,31,32)/t9?,10-,11?,12?,13?,15-,16-/m1/s1. The number of nitrogens with zero attached hydrogens (tertiary/aromatic N) is 2. The van der Waals surface area contributed by atoms with Gasteiger partial charge in [0.1, 0.15) is 5.70 Å². The van der Waals surface area contributed by atoms with Crippen LogP contribution in [0.25, 0.3) is 0 Å². The maximum Gasteiger partial charge on any atom is 0.353 e.